The molecule has 0 atom stereocenters. The standard InChI is InChI=1S/C27H31N5O4/c1-17(2)28-25(34)20-10-12-21(13-11-20)32-23-14-8-18(9-15-24(33)31-36)16-22(23)29-27(32)30-26(35)19-6-4-3-5-7-19/h3-9,14-17,20-21,36H,10-13H2,1-2H3,(H,28,34)(H,31,33)(H,29,30,35)/b15-9+. The first-order valence-electron chi connectivity index (χ1n) is 12.2. The van der Waals surface area contributed by atoms with Crippen molar-refractivity contribution >= 4 is 40.8 Å². The van der Waals surface area contributed by atoms with Crippen LogP contribution in [0.3, 0.4) is 0 Å². The molecule has 36 heavy (non-hydrogen) atoms. The number of aromatic nitrogens is 2. The second-order valence-electron chi connectivity index (χ2n) is 9.35. The van der Waals surface area contributed by atoms with Gasteiger partial charge < -0.3 is 9.88 Å². The minimum absolute atomic E-state index is 0.0183. The van der Waals surface area contributed by atoms with Gasteiger partial charge in [-0.15, -0.1) is 0 Å². The molecule has 3 amide bonds. The van der Waals surface area contributed by atoms with Crippen molar-refractivity contribution in [3.63, 3.8) is 0 Å². The quantitative estimate of drug-likeness (QED) is 0.226. The molecule has 188 valence electrons. The second-order valence-corrected chi connectivity index (χ2v) is 9.35. The number of hydrogen-bond acceptors (Lipinski definition) is 5. The molecule has 0 spiro atoms. The van der Waals surface area contributed by atoms with Crippen LogP contribution in [0.2, 0.25) is 0 Å². The topological polar surface area (TPSA) is 125 Å². The number of benzene rings is 2. The molecule has 1 fully saturated rings. The molecule has 2 aromatic carbocycles. The Bertz CT molecular complexity index is 1270. The highest BCUT2D eigenvalue weighted by Crippen LogP contribution is 2.37. The van der Waals surface area contributed by atoms with E-state index < -0.39 is 5.91 Å². The summed E-state index contributed by atoms with van der Waals surface area (Å²) in [6, 6.07) is 14.7. The SMILES string of the molecule is CC(C)NC(=O)C1CCC(n2c(NC(=O)c3ccccc3)nc3cc(/C=C/C(=O)NO)ccc32)CC1. The van der Waals surface area contributed by atoms with Crippen molar-refractivity contribution in [2.24, 2.45) is 5.92 Å². The van der Waals surface area contributed by atoms with Crippen molar-refractivity contribution in [3.8, 4) is 0 Å². The second kappa shape index (κ2) is 11.2. The van der Waals surface area contributed by atoms with Crippen LogP contribution in [0.5, 0.6) is 0 Å². The van der Waals surface area contributed by atoms with Crippen LogP contribution in [0.15, 0.2) is 54.6 Å². The summed E-state index contributed by atoms with van der Waals surface area (Å²) in [5, 5.41) is 14.7. The predicted molar refractivity (Wildman–Crippen MR) is 137 cm³/mol. The Kier molecular flexibility index (Phi) is 7.80. The van der Waals surface area contributed by atoms with Gasteiger partial charge in [-0.2, -0.15) is 0 Å². The van der Waals surface area contributed by atoms with Gasteiger partial charge >= 0.3 is 0 Å². The Morgan fingerprint density at radius 3 is 2.44 bits per heavy atom. The molecule has 1 saturated carbocycles. The molecular formula is C27H31N5O4. The van der Waals surface area contributed by atoms with Crippen LogP contribution < -0.4 is 16.1 Å². The van der Waals surface area contributed by atoms with E-state index in [0.717, 1.165) is 36.8 Å². The van der Waals surface area contributed by atoms with Gasteiger partial charge in [0, 0.05) is 29.6 Å². The molecule has 0 saturated heterocycles. The van der Waals surface area contributed by atoms with Crippen LogP contribution in [-0.4, -0.2) is 38.5 Å². The Balaban J connectivity index is 1.64. The Morgan fingerprint density at radius 1 is 1.06 bits per heavy atom. The lowest BCUT2D eigenvalue weighted by Crippen LogP contribution is -2.37. The Morgan fingerprint density at radius 2 is 1.78 bits per heavy atom. The van der Waals surface area contributed by atoms with E-state index in [1.165, 1.54) is 6.08 Å². The zero-order valence-electron chi connectivity index (χ0n) is 20.4. The van der Waals surface area contributed by atoms with Gasteiger partial charge in [-0.3, -0.25) is 24.9 Å². The van der Waals surface area contributed by atoms with Crippen molar-refractivity contribution in [1.29, 1.82) is 0 Å². The fraction of sp³-hybridized carbons (Fsp3) is 0.333. The smallest absolute Gasteiger partial charge is 0.267 e. The average molecular weight is 490 g/mol. The van der Waals surface area contributed by atoms with Crippen LogP contribution >= 0.6 is 0 Å². The average Bonchev–Trinajstić information content (AvgIpc) is 3.24. The summed E-state index contributed by atoms with van der Waals surface area (Å²) < 4.78 is 2.06. The summed E-state index contributed by atoms with van der Waals surface area (Å²) >= 11 is 0. The summed E-state index contributed by atoms with van der Waals surface area (Å²) in [5.74, 6) is -0.357. The summed E-state index contributed by atoms with van der Waals surface area (Å²) in [6.45, 7) is 3.92. The van der Waals surface area contributed by atoms with E-state index in [9.17, 15) is 14.4 Å². The molecule has 4 N–H and O–H groups in total. The lowest BCUT2D eigenvalue weighted by Gasteiger charge is -2.30. The van der Waals surface area contributed by atoms with Gasteiger partial charge in [-0.1, -0.05) is 24.3 Å². The number of hydrogen-bond donors (Lipinski definition) is 4. The van der Waals surface area contributed by atoms with Crippen molar-refractivity contribution in [3.05, 3.63) is 65.7 Å². The Hall–Kier alpha value is -3.98. The lowest BCUT2D eigenvalue weighted by atomic mass is 9.85. The first kappa shape index (κ1) is 25.1. The van der Waals surface area contributed by atoms with Crippen LogP contribution in [0.4, 0.5) is 5.95 Å². The monoisotopic (exact) mass is 489 g/mol. The maximum atomic E-state index is 13.0. The van der Waals surface area contributed by atoms with E-state index >= 15 is 0 Å². The van der Waals surface area contributed by atoms with Crippen LogP contribution in [-0.2, 0) is 9.59 Å². The molecule has 9 nitrogen and oxygen atoms in total. The maximum Gasteiger partial charge on any atom is 0.267 e. The lowest BCUT2D eigenvalue weighted by molar-refractivity contribution is -0.126. The van der Waals surface area contributed by atoms with E-state index in [1.54, 1.807) is 23.7 Å². The minimum Gasteiger partial charge on any atom is -0.354 e. The molecule has 0 unspecified atom stereocenters. The molecule has 0 radical (unpaired) electrons. The number of nitrogens with zero attached hydrogens (tertiary/aromatic N) is 2. The third-order valence-electron chi connectivity index (χ3n) is 6.38. The van der Waals surface area contributed by atoms with Crippen LogP contribution in [0, 0.1) is 5.92 Å². The molecule has 0 aliphatic heterocycles. The number of nitrogens with one attached hydrogen (secondary N) is 3. The third kappa shape index (κ3) is 5.80. The summed E-state index contributed by atoms with van der Waals surface area (Å²) in [4.78, 5) is 41.5. The highest BCUT2D eigenvalue weighted by Gasteiger charge is 2.30. The third-order valence-corrected chi connectivity index (χ3v) is 6.38. The highest BCUT2D eigenvalue weighted by molar-refractivity contribution is 6.04. The van der Waals surface area contributed by atoms with E-state index in [-0.39, 0.29) is 29.8 Å². The number of imidazole rings is 1. The number of hydroxylamine groups is 1. The molecule has 0 bridgehead atoms. The van der Waals surface area contributed by atoms with Gasteiger partial charge in [0.15, 0.2) is 0 Å². The largest absolute Gasteiger partial charge is 0.354 e. The molecule has 1 aromatic heterocycles. The van der Waals surface area contributed by atoms with Crippen molar-refractivity contribution in [1.82, 2.24) is 20.3 Å². The molecule has 9 heteroatoms. The van der Waals surface area contributed by atoms with Crippen molar-refractivity contribution in [2.75, 3.05) is 5.32 Å². The van der Waals surface area contributed by atoms with Gasteiger partial charge in [0.05, 0.1) is 11.0 Å². The first-order valence-corrected chi connectivity index (χ1v) is 12.2. The van der Waals surface area contributed by atoms with Gasteiger partial charge in [0.2, 0.25) is 11.9 Å². The number of fused-ring (bicyclic) bond motifs is 1. The van der Waals surface area contributed by atoms with E-state index in [1.807, 2.05) is 50.2 Å². The zero-order valence-corrected chi connectivity index (χ0v) is 20.4. The number of amides is 3. The first-order chi connectivity index (χ1) is 17.4. The van der Waals surface area contributed by atoms with Gasteiger partial charge in [-0.25, -0.2) is 10.5 Å². The molecule has 1 aliphatic rings. The number of carbonyl (C=O) groups is 3. The molecule has 1 heterocycles. The number of rotatable bonds is 7. The Labute approximate surface area is 209 Å². The van der Waals surface area contributed by atoms with Crippen LogP contribution in [0.25, 0.3) is 17.1 Å². The minimum atomic E-state index is -0.630. The molecule has 3 aromatic rings. The summed E-state index contributed by atoms with van der Waals surface area (Å²) in [7, 11) is 0. The molecular weight excluding hydrogens is 458 g/mol. The fourth-order valence-electron chi connectivity index (χ4n) is 4.65. The highest BCUT2D eigenvalue weighted by atomic mass is 16.5. The summed E-state index contributed by atoms with van der Waals surface area (Å²) in [6.07, 6.45) is 5.88. The van der Waals surface area contributed by atoms with E-state index in [4.69, 9.17) is 10.2 Å². The van der Waals surface area contributed by atoms with Gasteiger partial charge in [0.1, 0.15) is 0 Å². The predicted octanol–water partition coefficient (Wildman–Crippen LogP) is 4.06. The van der Waals surface area contributed by atoms with Crippen LogP contribution in [0.1, 0.15) is 61.5 Å². The summed E-state index contributed by atoms with van der Waals surface area (Å²) in [5.41, 5.74) is 4.35. The zero-order chi connectivity index (χ0) is 25.7. The normalized spacial score (nSPS) is 17.9. The van der Waals surface area contributed by atoms with Crippen molar-refractivity contribution in [2.45, 2.75) is 51.6 Å². The van der Waals surface area contributed by atoms with E-state index in [2.05, 4.69) is 15.2 Å². The molecule has 4 rings (SSSR count). The fourth-order valence-corrected chi connectivity index (χ4v) is 4.65. The van der Waals surface area contributed by atoms with Crippen molar-refractivity contribution < 1.29 is 19.6 Å². The number of carbonyl (C=O) groups excluding carboxylic acids is 3. The van der Waals surface area contributed by atoms with Gasteiger partial charge in [-0.05, 0) is 75.4 Å². The van der Waals surface area contributed by atoms with E-state index in [0.29, 0.717) is 17.0 Å². The number of anilines is 1. The maximum absolute atomic E-state index is 13.0. The molecule has 1 aliphatic carbocycles. The van der Waals surface area contributed by atoms with Gasteiger partial charge in [0.25, 0.3) is 11.8 Å².